The largest absolute Gasteiger partial charge is 0.374 e. The maximum absolute atomic E-state index is 6.36. The van der Waals surface area contributed by atoms with E-state index < -0.39 is 0 Å². The van der Waals surface area contributed by atoms with Gasteiger partial charge < -0.3 is 10.2 Å². The average Bonchev–Trinajstić information content (AvgIpc) is 2.40. The number of benzene rings is 1. The third-order valence-electron chi connectivity index (χ3n) is 3.52. The van der Waals surface area contributed by atoms with Gasteiger partial charge in [-0.1, -0.05) is 44.9 Å². The van der Waals surface area contributed by atoms with Gasteiger partial charge in [0.15, 0.2) is 0 Å². The van der Waals surface area contributed by atoms with Gasteiger partial charge in [0.2, 0.25) is 0 Å². The maximum Gasteiger partial charge on any atom is 0.0471 e. The molecule has 0 fully saturated rings. The molecule has 0 bridgehead atoms. The molecule has 0 saturated heterocycles. The summed E-state index contributed by atoms with van der Waals surface area (Å²) in [5.41, 5.74) is 2.46. The SMILES string of the molecule is CCCNCc1c(Cl)cccc1N(C)CC(C)CC. The second-order valence-corrected chi connectivity index (χ2v) is 5.72. The Balaban J connectivity index is 2.83. The molecule has 1 rings (SSSR count). The molecule has 1 unspecified atom stereocenters. The summed E-state index contributed by atoms with van der Waals surface area (Å²) in [7, 11) is 2.15. The van der Waals surface area contributed by atoms with E-state index in [9.17, 15) is 0 Å². The van der Waals surface area contributed by atoms with Gasteiger partial charge in [-0.25, -0.2) is 0 Å². The number of hydrogen-bond acceptors (Lipinski definition) is 2. The standard InChI is InChI=1S/C16H27ClN2/c1-5-10-18-11-14-15(17)8-7-9-16(14)19(4)12-13(3)6-2/h7-9,13,18H,5-6,10-12H2,1-4H3. The highest BCUT2D eigenvalue weighted by Gasteiger charge is 2.12. The van der Waals surface area contributed by atoms with Crippen LogP contribution in [0.4, 0.5) is 5.69 Å². The van der Waals surface area contributed by atoms with Gasteiger partial charge in [0.25, 0.3) is 0 Å². The van der Waals surface area contributed by atoms with Gasteiger partial charge in [0.1, 0.15) is 0 Å². The Morgan fingerprint density at radius 2 is 2.05 bits per heavy atom. The average molecular weight is 283 g/mol. The Kier molecular flexibility index (Phi) is 7.25. The fraction of sp³-hybridized carbons (Fsp3) is 0.625. The van der Waals surface area contributed by atoms with Crippen LogP contribution in [0.25, 0.3) is 0 Å². The first-order valence-electron chi connectivity index (χ1n) is 7.29. The Bertz CT molecular complexity index is 379. The van der Waals surface area contributed by atoms with E-state index in [0.717, 1.165) is 31.1 Å². The molecule has 1 aromatic carbocycles. The summed E-state index contributed by atoms with van der Waals surface area (Å²) in [5.74, 6) is 0.695. The molecule has 19 heavy (non-hydrogen) atoms. The number of nitrogens with zero attached hydrogens (tertiary/aromatic N) is 1. The second-order valence-electron chi connectivity index (χ2n) is 5.31. The van der Waals surface area contributed by atoms with Crippen LogP contribution < -0.4 is 10.2 Å². The predicted molar refractivity (Wildman–Crippen MR) is 86.2 cm³/mol. The normalized spacial score (nSPS) is 12.5. The highest BCUT2D eigenvalue weighted by molar-refractivity contribution is 6.31. The zero-order chi connectivity index (χ0) is 14.3. The molecule has 108 valence electrons. The van der Waals surface area contributed by atoms with Crippen LogP contribution >= 0.6 is 11.6 Å². The summed E-state index contributed by atoms with van der Waals surface area (Å²) in [5, 5.41) is 4.30. The quantitative estimate of drug-likeness (QED) is 0.714. The maximum atomic E-state index is 6.36. The monoisotopic (exact) mass is 282 g/mol. The van der Waals surface area contributed by atoms with Crippen molar-refractivity contribution >= 4 is 17.3 Å². The molecule has 0 heterocycles. The van der Waals surface area contributed by atoms with Gasteiger partial charge in [-0.3, -0.25) is 0 Å². The number of rotatable bonds is 8. The molecule has 0 aliphatic heterocycles. The first-order chi connectivity index (χ1) is 9.10. The highest BCUT2D eigenvalue weighted by Crippen LogP contribution is 2.27. The molecule has 0 saturated carbocycles. The molecule has 1 aromatic rings. The van der Waals surface area contributed by atoms with Crippen LogP contribution in [0, 0.1) is 5.92 Å². The number of halogens is 1. The van der Waals surface area contributed by atoms with Crippen LogP contribution in [0.3, 0.4) is 0 Å². The van der Waals surface area contributed by atoms with Crippen molar-refractivity contribution in [1.82, 2.24) is 5.32 Å². The van der Waals surface area contributed by atoms with Crippen molar-refractivity contribution < 1.29 is 0 Å². The fourth-order valence-corrected chi connectivity index (χ4v) is 2.40. The van der Waals surface area contributed by atoms with Crippen molar-refractivity contribution in [1.29, 1.82) is 0 Å². The number of nitrogens with one attached hydrogen (secondary N) is 1. The fourth-order valence-electron chi connectivity index (χ4n) is 2.17. The lowest BCUT2D eigenvalue weighted by Gasteiger charge is -2.26. The van der Waals surface area contributed by atoms with Crippen LogP contribution in [0.1, 0.15) is 39.2 Å². The molecular formula is C16H27ClN2. The molecule has 0 radical (unpaired) electrons. The van der Waals surface area contributed by atoms with Crippen LogP contribution in [0.2, 0.25) is 5.02 Å². The zero-order valence-corrected chi connectivity index (χ0v) is 13.4. The Hall–Kier alpha value is -0.730. The molecule has 0 amide bonds. The van der Waals surface area contributed by atoms with Gasteiger partial charge in [0.05, 0.1) is 0 Å². The summed E-state index contributed by atoms with van der Waals surface area (Å²) in [4.78, 5) is 2.32. The Morgan fingerprint density at radius 1 is 1.32 bits per heavy atom. The van der Waals surface area contributed by atoms with E-state index in [-0.39, 0.29) is 0 Å². The first kappa shape index (κ1) is 16.3. The van der Waals surface area contributed by atoms with Gasteiger partial charge in [0, 0.05) is 36.4 Å². The molecule has 1 N–H and O–H groups in total. The third-order valence-corrected chi connectivity index (χ3v) is 3.87. The predicted octanol–water partition coefficient (Wildman–Crippen LogP) is 4.32. The first-order valence-corrected chi connectivity index (χ1v) is 7.67. The van der Waals surface area contributed by atoms with E-state index >= 15 is 0 Å². The minimum Gasteiger partial charge on any atom is -0.374 e. The number of hydrogen-bond donors (Lipinski definition) is 1. The van der Waals surface area contributed by atoms with E-state index in [1.165, 1.54) is 17.7 Å². The molecule has 0 aliphatic rings. The summed E-state index contributed by atoms with van der Waals surface area (Å²) < 4.78 is 0. The summed E-state index contributed by atoms with van der Waals surface area (Å²) >= 11 is 6.36. The van der Waals surface area contributed by atoms with Gasteiger partial charge in [-0.2, -0.15) is 0 Å². The number of anilines is 1. The van der Waals surface area contributed by atoms with E-state index in [1.54, 1.807) is 0 Å². The van der Waals surface area contributed by atoms with Crippen molar-refractivity contribution in [2.75, 3.05) is 25.0 Å². The lowest BCUT2D eigenvalue weighted by molar-refractivity contribution is 0.558. The van der Waals surface area contributed by atoms with Crippen LogP contribution in [-0.4, -0.2) is 20.1 Å². The highest BCUT2D eigenvalue weighted by atomic mass is 35.5. The lowest BCUT2D eigenvalue weighted by atomic mass is 10.1. The van der Waals surface area contributed by atoms with E-state index in [2.05, 4.69) is 44.1 Å². The summed E-state index contributed by atoms with van der Waals surface area (Å²) in [6.07, 6.45) is 2.34. The zero-order valence-electron chi connectivity index (χ0n) is 12.7. The molecule has 1 atom stereocenters. The van der Waals surface area contributed by atoms with Crippen LogP contribution in [0.15, 0.2) is 18.2 Å². The van der Waals surface area contributed by atoms with Crippen molar-refractivity contribution in [2.45, 2.75) is 40.2 Å². The minimum atomic E-state index is 0.695. The smallest absolute Gasteiger partial charge is 0.0471 e. The van der Waals surface area contributed by atoms with Gasteiger partial charge in [-0.15, -0.1) is 0 Å². The molecular weight excluding hydrogens is 256 g/mol. The molecule has 0 aromatic heterocycles. The van der Waals surface area contributed by atoms with E-state index in [1.807, 2.05) is 12.1 Å². The van der Waals surface area contributed by atoms with Crippen molar-refractivity contribution in [2.24, 2.45) is 5.92 Å². The van der Waals surface area contributed by atoms with Gasteiger partial charge in [-0.05, 0) is 31.0 Å². The molecule has 0 spiro atoms. The Morgan fingerprint density at radius 3 is 2.68 bits per heavy atom. The third kappa shape index (κ3) is 5.04. The topological polar surface area (TPSA) is 15.3 Å². The molecule has 3 heteroatoms. The van der Waals surface area contributed by atoms with E-state index in [0.29, 0.717) is 5.92 Å². The van der Waals surface area contributed by atoms with Crippen molar-refractivity contribution in [3.8, 4) is 0 Å². The van der Waals surface area contributed by atoms with Gasteiger partial charge >= 0.3 is 0 Å². The second kappa shape index (κ2) is 8.44. The Labute approximate surface area is 123 Å². The lowest BCUT2D eigenvalue weighted by Crippen LogP contribution is -2.26. The van der Waals surface area contributed by atoms with E-state index in [4.69, 9.17) is 11.6 Å². The van der Waals surface area contributed by atoms with Crippen molar-refractivity contribution in [3.63, 3.8) is 0 Å². The summed E-state index contributed by atoms with van der Waals surface area (Å²) in [6, 6.07) is 6.18. The van der Waals surface area contributed by atoms with Crippen LogP contribution in [0.5, 0.6) is 0 Å². The minimum absolute atomic E-state index is 0.695. The summed E-state index contributed by atoms with van der Waals surface area (Å²) in [6.45, 7) is 9.64. The van der Waals surface area contributed by atoms with Crippen molar-refractivity contribution in [3.05, 3.63) is 28.8 Å². The van der Waals surface area contributed by atoms with Crippen LogP contribution in [-0.2, 0) is 6.54 Å². The molecule has 0 aliphatic carbocycles. The molecule has 2 nitrogen and oxygen atoms in total.